The lowest BCUT2D eigenvalue weighted by molar-refractivity contribution is -0.137. The first-order chi connectivity index (χ1) is 13.2. The van der Waals surface area contributed by atoms with Crippen LogP contribution in [0.3, 0.4) is 0 Å². The summed E-state index contributed by atoms with van der Waals surface area (Å²) in [6.45, 7) is 1.80. The summed E-state index contributed by atoms with van der Waals surface area (Å²) < 4.78 is 0. The fraction of sp³-hybridized carbons (Fsp3) is 0.391. The molecule has 0 spiro atoms. The van der Waals surface area contributed by atoms with Gasteiger partial charge >= 0.3 is 0 Å². The summed E-state index contributed by atoms with van der Waals surface area (Å²) >= 11 is 0. The van der Waals surface area contributed by atoms with Gasteiger partial charge in [-0.3, -0.25) is 9.59 Å². The van der Waals surface area contributed by atoms with E-state index in [4.69, 9.17) is 0 Å². The number of piperidine rings is 1. The van der Waals surface area contributed by atoms with Crippen LogP contribution in [0.25, 0.3) is 0 Å². The molecule has 1 saturated heterocycles. The van der Waals surface area contributed by atoms with E-state index < -0.39 is 0 Å². The summed E-state index contributed by atoms with van der Waals surface area (Å²) in [7, 11) is 0. The minimum absolute atomic E-state index is 0.0491. The molecule has 2 amide bonds. The number of carbonyl (C=O) groups is 2. The highest BCUT2D eigenvalue weighted by atomic mass is 16.2. The monoisotopic (exact) mass is 362 g/mol. The quantitative estimate of drug-likeness (QED) is 0.887. The molecule has 27 heavy (non-hydrogen) atoms. The van der Waals surface area contributed by atoms with Gasteiger partial charge in [0.1, 0.15) is 0 Å². The first kappa shape index (κ1) is 17.8. The second-order valence-corrected chi connectivity index (χ2v) is 7.76. The maximum absolute atomic E-state index is 12.9. The maximum atomic E-state index is 12.9. The number of rotatable bonds is 5. The molecule has 0 unspecified atom stereocenters. The predicted molar refractivity (Wildman–Crippen MR) is 105 cm³/mol. The Hall–Kier alpha value is -2.62. The molecule has 4 rings (SSSR count). The van der Waals surface area contributed by atoms with Crippen molar-refractivity contribution in [2.24, 2.45) is 11.8 Å². The highest BCUT2D eigenvalue weighted by molar-refractivity contribution is 5.83. The van der Waals surface area contributed by atoms with Crippen LogP contribution < -0.4 is 5.32 Å². The van der Waals surface area contributed by atoms with Gasteiger partial charge in [-0.05, 0) is 30.4 Å². The molecule has 1 N–H and O–H groups in total. The van der Waals surface area contributed by atoms with Crippen molar-refractivity contribution in [3.63, 3.8) is 0 Å². The third-order valence-corrected chi connectivity index (χ3v) is 5.64. The molecule has 0 bridgehead atoms. The normalized spacial score (nSPS) is 22.3. The number of hydrogen-bond donors (Lipinski definition) is 1. The van der Waals surface area contributed by atoms with E-state index in [-0.39, 0.29) is 29.6 Å². The Bertz CT molecular complexity index is 787. The summed E-state index contributed by atoms with van der Waals surface area (Å²) in [6.07, 6.45) is 2.78. The first-order valence-corrected chi connectivity index (χ1v) is 9.86. The van der Waals surface area contributed by atoms with Gasteiger partial charge in [0.15, 0.2) is 0 Å². The zero-order valence-corrected chi connectivity index (χ0v) is 15.5. The van der Waals surface area contributed by atoms with Crippen LogP contribution in [0.5, 0.6) is 0 Å². The van der Waals surface area contributed by atoms with E-state index in [0.717, 1.165) is 31.4 Å². The minimum atomic E-state index is -0.157. The van der Waals surface area contributed by atoms with Gasteiger partial charge in [-0.2, -0.15) is 0 Å². The Kier molecular flexibility index (Phi) is 5.23. The molecular formula is C23H26N2O2. The fourth-order valence-electron chi connectivity index (χ4n) is 3.95. The van der Waals surface area contributed by atoms with Gasteiger partial charge in [-0.1, -0.05) is 60.7 Å². The average Bonchev–Trinajstić information content (AvgIpc) is 3.58. The van der Waals surface area contributed by atoms with Crippen LogP contribution in [0.4, 0.5) is 0 Å². The van der Waals surface area contributed by atoms with Crippen molar-refractivity contribution in [3.8, 4) is 0 Å². The van der Waals surface area contributed by atoms with E-state index in [2.05, 4.69) is 17.4 Å². The van der Waals surface area contributed by atoms with Crippen LogP contribution >= 0.6 is 0 Å². The first-order valence-electron chi connectivity index (χ1n) is 9.86. The second kappa shape index (κ2) is 7.95. The van der Waals surface area contributed by atoms with Gasteiger partial charge in [-0.25, -0.2) is 0 Å². The highest BCUT2D eigenvalue weighted by Crippen LogP contribution is 2.36. The zero-order chi connectivity index (χ0) is 18.6. The largest absolute Gasteiger partial charge is 0.352 e. The number of carbonyl (C=O) groups excluding carboxylic acids is 2. The molecule has 2 atom stereocenters. The van der Waals surface area contributed by atoms with Crippen molar-refractivity contribution in [1.29, 1.82) is 0 Å². The summed E-state index contributed by atoms with van der Waals surface area (Å²) in [5.41, 5.74) is 2.30. The number of amides is 2. The van der Waals surface area contributed by atoms with Crippen LogP contribution in [0.1, 0.15) is 36.3 Å². The lowest BCUT2D eigenvalue weighted by atomic mass is 9.84. The molecule has 2 aromatic rings. The van der Waals surface area contributed by atoms with Crippen LogP contribution in [0, 0.1) is 11.8 Å². The molecule has 2 aliphatic rings. The van der Waals surface area contributed by atoms with Gasteiger partial charge in [0.2, 0.25) is 11.8 Å². The Labute approximate surface area is 160 Å². The van der Waals surface area contributed by atoms with E-state index >= 15 is 0 Å². The van der Waals surface area contributed by atoms with Crippen molar-refractivity contribution in [3.05, 3.63) is 71.8 Å². The number of nitrogens with zero attached hydrogens (tertiary/aromatic N) is 1. The smallest absolute Gasteiger partial charge is 0.225 e. The molecule has 2 fully saturated rings. The SMILES string of the molecule is O=C(NCc1ccccc1)[C@@H]1C[C@@H](c2ccccc2)CN(C(=O)C2CC2)C1. The Balaban J connectivity index is 1.46. The number of hydrogen-bond acceptors (Lipinski definition) is 2. The fourth-order valence-corrected chi connectivity index (χ4v) is 3.95. The van der Waals surface area contributed by atoms with Gasteiger partial charge < -0.3 is 10.2 Å². The molecule has 1 heterocycles. The van der Waals surface area contributed by atoms with Crippen LogP contribution in [-0.2, 0) is 16.1 Å². The maximum Gasteiger partial charge on any atom is 0.225 e. The van der Waals surface area contributed by atoms with Crippen molar-refractivity contribution < 1.29 is 9.59 Å². The van der Waals surface area contributed by atoms with E-state index in [0.29, 0.717) is 13.1 Å². The number of likely N-dealkylation sites (tertiary alicyclic amines) is 1. The van der Waals surface area contributed by atoms with Gasteiger partial charge in [-0.15, -0.1) is 0 Å². The molecule has 0 aromatic heterocycles. The van der Waals surface area contributed by atoms with Crippen molar-refractivity contribution in [2.45, 2.75) is 31.7 Å². The van der Waals surface area contributed by atoms with Crippen molar-refractivity contribution in [1.82, 2.24) is 10.2 Å². The molecule has 140 valence electrons. The third kappa shape index (κ3) is 4.38. The molecular weight excluding hydrogens is 336 g/mol. The minimum Gasteiger partial charge on any atom is -0.352 e. The van der Waals surface area contributed by atoms with E-state index in [1.807, 2.05) is 53.4 Å². The Morgan fingerprint density at radius 1 is 0.889 bits per heavy atom. The van der Waals surface area contributed by atoms with Crippen LogP contribution in [0.2, 0.25) is 0 Å². The molecule has 4 heteroatoms. The topological polar surface area (TPSA) is 49.4 Å². The Morgan fingerprint density at radius 3 is 2.22 bits per heavy atom. The molecule has 1 aliphatic heterocycles. The molecule has 2 aromatic carbocycles. The number of benzene rings is 2. The standard InChI is InChI=1S/C23H26N2O2/c26-22(24-14-17-7-3-1-4-8-17)21-13-20(18-9-5-2-6-10-18)15-25(16-21)23(27)19-11-12-19/h1-10,19-21H,11-16H2,(H,24,26)/t20-,21-/m1/s1. The van der Waals surface area contributed by atoms with Crippen LogP contribution in [0.15, 0.2) is 60.7 Å². The summed E-state index contributed by atoms with van der Waals surface area (Å²) in [5.74, 6) is 0.530. The zero-order valence-electron chi connectivity index (χ0n) is 15.5. The number of nitrogens with one attached hydrogen (secondary N) is 1. The lowest BCUT2D eigenvalue weighted by Gasteiger charge is -2.37. The van der Waals surface area contributed by atoms with E-state index in [9.17, 15) is 9.59 Å². The van der Waals surface area contributed by atoms with Gasteiger partial charge in [0.25, 0.3) is 0 Å². The van der Waals surface area contributed by atoms with Crippen molar-refractivity contribution >= 4 is 11.8 Å². The lowest BCUT2D eigenvalue weighted by Crippen LogP contribution is -2.48. The van der Waals surface area contributed by atoms with Crippen LogP contribution in [-0.4, -0.2) is 29.8 Å². The van der Waals surface area contributed by atoms with Gasteiger partial charge in [0, 0.05) is 31.5 Å². The average molecular weight is 362 g/mol. The van der Waals surface area contributed by atoms with Gasteiger partial charge in [0.05, 0.1) is 5.92 Å². The van der Waals surface area contributed by atoms with E-state index in [1.54, 1.807) is 0 Å². The third-order valence-electron chi connectivity index (χ3n) is 5.64. The summed E-state index contributed by atoms with van der Waals surface area (Å²) in [6, 6.07) is 20.2. The Morgan fingerprint density at radius 2 is 1.56 bits per heavy atom. The predicted octanol–water partition coefficient (Wildman–Crippen LogP) is 3.35. The molecule has 4 nitrogen and oxygen atoms in total. The molecule has 1 aliphatic carbocycles. The summed E-state index contributed by atoms with van der Waals surface area (Å²) in [5, 5.41) is 3.07. The molecule has 1 saturated carbocycles. The second-order valence-electron chi connectivity index (χ2n) is 7.76. The summed E-state index contributed by atoms with van der Waals surface area (Å²) in [4.78, 5) is 27.5. The highest BCUT2D eigenvalue weighted by Gasteiger charge is 2.39. The van der Waals surface area contributed by atoms with E-state index in [1.165, 1.54) is 5.56 Å². The van der Waals surface area contributed by atoms with Crippen molar-refractivity contribution in [2.75, 3.05) is 13.1 Å². The molecule has 0 radical (unpaired) electrons.